The Morgan fingerprint density at radius 2 is 0.883 bits per heavy atom. The molecule has 4 amide bonds. The predicted molar refractivity (Wildman–Crippen MR) is 229 cm³/mol. The summed E-state index contributed by atoms with van der Waals surface area (Å²) in [6.07, 6.45) is 23.8. The number of hydrogen-bond donors (Lipinski definition) is 5. The maximum atomic E-state index is 12.3. The highest BCUT2D eigenvalue weighted by Gasteiger charge is 2.20. The molecule has 0 aliphatic heterocycles. The van der Waals surface area contributed by atoms with Crippen LogP contribution in [-0.2, 0) is 52.5 Å². The highest BCUT2D eigenvalue weighted by molar-refractivity contribution is 5.84. The van der Waals surface area contributed by atoms with Gasteiger partial charge in [-0.15, -0.1) is 0 Å². The van der Waals surface area contributed by atoms with E-state index in [9.17, 15) is 38.7 Å². The van der Waals surface area contributed by atoms with Crippen molar-refractivity contribution in [1.29, 1.82) is 0 Å². The van der Waals surface area contributed by atoms with E-state index in [0.717, 1.165) is 51.2 Å². The van der Waals surface area contributed by atoms with Crippen molar-refractivity contribution in [2.24, 2.45) is 0 Å². The fourth-order valence-corrected chi connectivity index (χ4v) is 6.18. The summed E-state index contributed by atoms with van der Waals surface area (Å²) in [7, 11) is 0. The number of aldehydes is 1. The van der Waals surface area contributed by atoms with Crippen LogP contribution < -0.4 is 21.3 Å². The first kappa shape index (κ1) is 56.5. The van der Waals surface area contributed by atoms with Gasteiger partial charge in [-0.1, -0.05) is 96.3 Å². The first-order valence-corrected chi connectivity index (χ1v) is 22.7. The van der Waals surface area contributed by atoms with E-state index in [0.29, 0.717) is 25.8 Å². The zero-order valence-corrected chi connectivity index (χ0v) is 36.8. The van der Waals surface area contributed by atoms with E-state index in [-0.39, 0.29) is 115 Å². The Labute approximate surface area is 359 Å². The number of ketones is 1. The minimum absolute atomic E-state index is 0.0136. The van der Waals surface area contributed by atoms with E-state index < -0.39 is 12.0 Å². The Bertz CT molecular complexity index is 1130. The fourth-order valence-electron chi connectivity index (χ4n) is 6.18. The molecule has 0 saturated heterocycles. The van der Waals surface area contributed by atoms with E-state index in [2.05, 4.69) is 21.3 Å². The van der Waals surface area contributed by atoms with Gasteiger partial charge in [-0.05, 0) is 39.0 Å². The molecule has 1 unspecified atom stereocenters. The van der Waals surface area contributed by atoms with Gasteiger partial charge in [0.05, 0.1) is 39.6 Å². The quantitative estimate of drug-likeness (QED) is 0.0398. The van der Waals surface area contributed by atoms with Crippen LogP contribution in [0, 0.1) is 0 Å². The molecule has 16 heteroatoms. The van der Waals surface area contributed by atoms with Crippen LogP contribution in [0.4, 0.5) is 0 Å². The third kappa shape index (κ3) is 42.6. The first-order valence-electron chi connectivity index (χ1n) is 22.7. The largest absolute Gasteiger partial charge is 0.480 e. The molecule has 0 saturated carbocycles. The highest BCUT2D eigenvalue weighted by Crippen LogP contribution is 2.14. The number of amides is 4. The first-order chi connectivity index (χ1) is 29.1. The number of rotatable bonds is 46. The minimum atomic E-state index is -1.17. The molecular weight excluding hydrogens is 776 g/mol. The molecule has 0 aliphatic carbocycles. The van der Waals surface area contributed by atoms with E-state index in [4.69, 9.17) is 18.9 Å². The van der Waals surface area contributed by atoms with Crippen LogP contribution in [-0.4, -0.2) is 125 Å². The third-order valence-corrected chi connectivity index (χ3v) is 9.64. The van der Waals surface area contributed by atoms with Crippen LogP contribution in [0.25, 0.3) is 0 Å². The van der Waals surface area contributed by atoms with Crippen molar-refractivity contribution in [3.05, 3.63) is 0 Å². The number of nitrogens with one attached hydrogen (secondary N) is 4. The smallest absolute Gasteiger partial charge is 0.326 e. The number of carbonyl (C=O) groups is 7. The van der Waals surface area contributed by atoms with Crippen LogP contribution in [0.3, 0.4) is 0 Å². The van der Waals surface area contributed by atoms with Crippen LogP contribution >= 0.6 is 0 Å². The van der Waals surface area contributed by atoms with Gasteiger partial charge in [0, 0.05) is 45.3 Å². The van der Waals surface area contributed by atoms with Gasteiger partial charge in [-0.25, -0.2) is 4.79 Å². The Kier molecular flexibility index (Phi) is 41.1. The molecule has 0 fully saturated rings. The second kappa shape index (κ2) is 43.6. The van der Waals surface area contributed by atoms with Gasteiger partial charge >= 0.3 is 5.97 Å². The summed E-state index contributed by atoms with van der Waals surface area (Å²) < 4.78 is 21.3. The summed E-state index contributed by atoms with van der Waals surface area (Å²) in [5.41, 5.74) is 0. The summed E-state index contributed by atoms with van der Waals surface area (Å²) in [6.45, 7) is 3.82. The van der Waals surface area contributed by atoms with Crippen molar-refractivity contribution >= 4 is 41.7 Å². The Morgan fingerprint density at radius 1 is 0.467 bits per heavy atom. The lowest BCUT2D eigenvalue weighted by atomic mass is 10.0. The predicted octanol–water partition coefficient (Wildman–Crippen LogP) is 5.12. The monoisotopic (exact) mass is 857 g/mol. The molecule has 0 heterocycles. The van der Waals surface area contributed by atoms with Crippen molar-refractivity contribution in [2.75, 3.05) is 72.5 Å². The molecule has 1 atom stereocenters. The lowest BCUT2D eigenvalue weighted by Gasteiger charge is -2.14. The molecule has 0 spiro atoms. The zero-order valence-electron chi connectivity index (χ0n) is 36.8. The van der Waals surface area contributed by atoms with Crippen molar-refractivity contribution in [2.45, 2.75) is 167 Å². The van der Waals surface area contributed by atoms with Gasteiger partial charge in [-0.2, -0.15) is 0 Å². The van der Waals surface area contributed by atoms with Crippen LogP contribution in [0.2, 0.25) is 0 Å². The molecule has 0 aromatic carbocycles. The number of hydrogen-bond acceptors (Lipinski definition) is 11. The number of aliphatic carboxylic acids is 1. The highest BCUT2D eigenvalue weighted by atomic mass is 16.5. The third-order valence-electron chi connectivity index (χ3n) is 9.64. The van der Waals surface area contributed by atoms with Crippen molar-refractivity contribution in [1.82, 2.24) is 21.3 Å². The lowest BCUT2D eigenvalue weighted by Crippen LogP contribution is -2.41. The lowest BCUT2D eigenvalue weighted by molar-refractivity contribution is -0.142. The van der Waals surface area contributed by atoms with E-state index in [1.54, 1.807) is 6.92 Å². The number of carboxylic acid groups (broad SMARTS) is 1. The summed E-state index contributed by atoms with van der Waals surface area (Å²) in [6, 6.07) is -1.13. The van der Waals surface area contributed by atoms with Gasteiger partial charge in [0.1, 0.15) is 31.3 Å². The number of ether oxygens (including phenoxy) is 4. The molecule has 0 bridgehead atoms. The molecule has 60 heavy (non-hydrogen) atoms. The Morgan fingerprint density at radius 3 is 1.37 bits per heavy atom. The van der Waals surface area contributed by atoms with Crippen molar-refractivity contribution < 1.29 is 57.6 Å². The van der Waals surface area contributed by atoms with Gasteiger partial charge in [0.2, 0.25) is 23.6 Å². The Balaban J connectivity index is 3.63. The number of unbranched alkanes of at least 4 members (excludes halogenated alkanes) is 18. The maximum Gasteiger partial charge on any atom is 0.326 e. The summed E-state index contributed by atoms with van der Waals surface area (Å²) >= 11 is 0. The normalized spacial score (nSPS) is 11.5. The molecule has 16 nitrogen and oxygen atoms in total. The topological polar surface area (TPSA) is 225 Å². The van der Waals surface area contributed by atoms with E-state index in [1.165, 1.54) is 70.6 Å². The molecule has 0 aromatic heterocycles. The number of carboxylic acids is 1. The average Bonchev–Trinajstić information content (AvgIpc) is 3.21. The Hall–Kier alpha value is -3.47. The summed E-state index contributed by atoms with van der Waals surface area (Å²) in [5, 5.41) is 20.2. The SMILES string of the molecule is CC(=O)CCCCCNC(=O)COCCOCCNC(=O)COCCOCCNC(=O)CCC(NC(=O)CCCCCCCCCCCCCCCCCCC=O)C(=O)O. The second-order valence-electron chi connectivity index (χ2n) is 15.3. The van der Waals surface area contributed by atoms with Gasteiger partial charge in [0.15, 0.2) is 0 Å². The van der Waals surface area contributed by atoms with Crippen molar-refractivity contribution in [3.63, 3.8) is 0 Å². The standard InChI is InChI=1S/C44H80N4O12/c1-38(50)22-18-17-20-26-45-42(53)36-59-34-33-58-31-28-47-43(54)37-60-35-32-57-30-27-46-40(51)25-24-39(44(55)56)48-41(52)23-19-15-13-11-9-7-5-3-2-4-6-8-10-12-14-16-21-29-49/h29,39H,2-28,30-37H2,1H3,(H,45,53)(H,46,51)(H,47,54)(H,48,52)(H,55,56). The van der Waals surface area contributed by atoms with Gasteiger partial charge < -0.3 is 54.9 Å². The average molecular weight is 857 g/mol. The number of Topliss-reactive ketones (excluding diaryl/α,β-unsaturated/α-hetero) is 1. The summed E-state index contributed by atoms with van der Waals surface area (Å²) in [4.78, 5) is 81.0. The summed E-state index contributed by atoms with van der Waals surface area (Å²) in [5.74, 6) is -2.16. The molecular formula is C44H80N4O12. The fraction of sp³-hybridized carbons (Fsp3) is 0.841. The van der Waals surface area contributed by atoms with Crippen LogP contribution in [0.5, 0.6) is 0 Å². The van der Waals surface area contributed by atoms with Crippen LogP contribution in [0.15, 0.2) is 0 Å². The molecule has 0 aliphatic rings. The molecule has 0 aromatic rings. The van der Waals surface area contributed by atoms with Gasteiger partial charge in [0.25, 0.3) is 0 Å². The van der Waals surface area contributed by atoms with E-state index in [1.807, 2.05) is 0 Å². The molecule has 0 rings (SSSR count). The van der Waals surface area contributed by atoms with E-state index >= 15 is 0 Å². The van der Waals surface area contributed by atoms with Crippen LogP contribution in [0.1, 0.15) is 161 Å². The minimum Gasteiger partial charge on any atom is -0.480 e. The van der Waals surface area contributed by atoms with Crippen molar-refractivity contribution in [3.8, 4) is 0 Å². The zero-order chi connectivity index (χ0) is 44.2. The molecule has 348 valence electrons. The second-order valence-corrected chi connectivity index (χ2v) is 15.3. The maximum absolute atomic E-state index is 12.3. The molecule has 0 radical (unpaired) electrons. The number of carbonyl (C=O) groups excluding carboxylic acids is 6. The molecule has 5 N–H and O–H groups in total. The van der Waals surface area contributed by atoms with Gasteiger partial charge in [-0.3, -0.25) is 19.2 Å².